The number of rotatable bonds is 5. The smallest absolute Gasteiger partial charge is 0.264 e. The van der Waals surface area contributed by atoms with Crippen LogP contribution in [0.3, 0.4) is 0 Å². The molecule has 8 nitrogen and oxygen atoms in total. The van der Waals surface area contributed by atoms with Crippen LogP contribution in [0, 0.1) is 5.92 Å². The van der Waals surface area contributed by atoms with E-state index in [-0.39, 0.29) is 47.7 Å². The van der Waals surface area contributed by atoms with Crippen LogP contribution in [0.25, 0.3) is 10.1 Å². The van der Waals surface area contributed by atoms with E-state index in [9.17, 15) is 22.8 Å². The van der Waals surface area contributed by atoms with Crippen LogP contribution in [0.1, 0.15) is 44.9 Å². The van der Waals surface area contributed by atoms with E-state index in [1.54, 1.807) is 23.5 Å². The first-order valence-corrected chi connectivity index (χ1v) is 15.2. The molecule has 0 radical (unpaired) electrons. The molecule has 0 spiro atoms. The van der Waals surface area contributed by atoms with Crippen LogP contribution in [-0.2, 0) is 21.2 Å². The van der Waals surface area contributed by atoms with Gasteiger partial charge >= 0.3 is 0 Å². The molecular formula is C27H27N3O5S2. The number of nitrogens with one attached hydrogen (secondary N) is 1. The Kier molecular flexibility index (Phi) is 6.03. The molecule has 2 aromatic carbocycles. The Morgan fingerprint density at radius 1 is 1.05 bits per heavy atom. The summed E-state index contributed by atoms with van der Waals surface area (Å²) in [6, 6.07) is 15.0. The average Bonchev–Trinajstić information content (AvgIpc) is 3.53. The van der Waals surface area contributed by atoms with Gasteiger partial charge in [0.05, 0.1) is 40.8 Å². The molecule has 4 heterocycles. The van der Waals surface area contributed by atoms with Crippen LogP contribution in [0.4, 0.5) is 5.69 Å². The lowest BCUT2D eigenvalue weighted by Crippen LogP contribution is -2.46. The van der Waals surface area contributed by atoms with Crippen molar-refractivity contribution in [2.75, 3.05) is 29.5 Å². The van der Waals surface area contributed by atoms with Crippen molar-refractivity contribution in [1.82, 2.24) is 10.2 Å². The van der Waals surface area contributed by atoms with E-state index in [1.165, 1.54) is 4.90 Å². The van der Waals surface area contributed by atoms with E-state index in [0.717, 1.165) is 21.4 Å². The van der Waals surface area contributed by atoms with Gasteiger partial charge in [0.15, 0.2) is 9.84 Å². The summed E-state index contributed by atoms with van der Waals surface area (Å²) in [5.41, 5.74) is 1.47. The Hall–Kier alpha value is -3.24. The number of hydrogen-bond donors (Lipinski definition) is 1. The zero-order valence-electron chi connectivity index (χ0n) is 20.2. The fraction of sp³-hybridized carbons (Fsp3) is 0.370. The number of fused-ring (bicyclic) bond motifs is 2. The number of sulfone groups is 1. The minimum Gasteiger partial charge on any atom is -0.370 e. The molecule has 192 valence electrons. The van der Waals surface area contributed by atoms with E-state index in [2.05, 4.69) is 5.32 Å². The van der Waals surface area contributed by atoms with Crippen LogP contribution in [-0.4, -0.2) is 61.7 Å². The number of imide groups is 1. The van der Waals surface area contributed by atoms with Crippen molar-refractivity contribution in [2.45, 2.75) is 31.8 Å². The van der Waals surface area contributed by atoms with Crippen LogP contribution in [0.2, 0.25) is 0 Å². The molecule has 1 aromatic heterocycles. The first-order chi connectivity index (χ1) is 17.8. The van der Waals surface area contributed by atoms with Gasteiger partial charge in [-0.3, -0.25) is 19.3 Å². The zero-order valence-corrected chi connectivity index (χ0v) is 21.8. The highest BCUT2D eigenvalue weighted by atomic mass is 32.2. The first-order valence-electron chi connectivity index (χ1n) is 12.5. The lowest BCUT2D eigenvalue weighted by Gasteiger charge is -2.35. The molecule has 2 fully saturated rings. The number of thiophene rings is 1. The monoisotopic (exact) mass is 537 g/mol. The molecule has 2 unspecified atom stereocenters. The molecule has 3 aromatic rings. The van der Waals surface area contributed by atoms with E-state index in [1.807, 2.05) is 41.3 Å². The summed E-state index contributed by atoms with van der Waals surface area (Å²) in [6.45, 7) is 1.32. The minimum atomic E-state index is -3.08. The number of nitrogens with zero attached hydrogens (tertiary/aromatic N) is 2. The fourth-order valence-electron chi connectivity index (χ4n) is 5.63. The highest BCUT2D eigenvalue weighted by Crippen LogP contribution is 2.36. The lowest BCUT2D eigenvalue weighted by molar-refractivity contribution is -0.125. The third-order valence-electron chi connectivity index (χ3n) is 7.48. The topological polar surface area (TPSA) is 104 Å². The molecular weight excluding hydrogens is 510 g/mol. The molecule has 2 saturated heterocycles. The summed E-state index contributed by atoms with van der Waals surface area (Å²) in [4.78, 5) is 44.0. The Bertz CT molecular complexity index is 1500. The van der Waals surface area contributed by atoms with Crippen LogP contribution < -0.4 is 10.2 Å². The fourth-order valence-corrected chi connectivity index (χ4v) is 8.36. The largest absolute Gasteiger partial charge is 0.370 e. The van der Waals surface area contributed by atoms with Crippen LogP contribution >= 0.6 is 11.3 Å². The van der Waals surface area contributed by atoms with Gasteiger partial charge in [-0.25, -0.2) is 8.42 Å². The summed E-state index contributed by atoms with van der Waals surface area (Å²) in [6.07, 6.45) is 1.91. The van der Waals surface area contributed by atoms with E-state index in [4.69, 9.17) is 0 Å². The number of anilines is 1. The van der Waals surface area contributed by atoms with Gasteiger partial charge in [-0.2, -0.15) is 0 Å². The van der Waals surface area contributed by atoms with Crippen LogP contribution in [0.15, 0.2) is 48.5 Å². The van der Waals surface area contributed by atoms with Gasteiger partial charge in [0.25, 0.3) is 11.8 Å². The molecule has 3 aliphatic rings. The first kappa shape index (κ1) is 24.1. The van der Waals surface area contributed by atoms with Crippen molar-refractivity contribution in [2.24, 2.45) is 5.92 Å². The third kappa shape index (κ3) is 4.53. The van der Waals surface area contributed by atoms with Gasteiger partial charge in [0.2, 0.25) is 5.91 Å². The molecule has 37 heavy (non-hydrogen) atoms. The van der Waals surface area contributed by atoms with E-state index < -0.39 is 9.84 Å². The summed E-state index contributed by atoms with van der Waals surface area (Å²) >= 11 is 1.58. The van der Waals surface area contributed by atoms with Gasteiger partial charge in [-0.1, -0.05) is 24.3 Å². The number of piperidine rings is 1. The second-order valence-corrected chi connectivity index (χ2v) is 13.4. The maximum Gasteiger partial charge on any atom is 0.264 e. The van der Waals surface area contributed by atoms with Crippen molar-refractivity contribution in [3.05, 3.63) is 64.5 Å². The maximum atomic E-state index is 13.5. The van der Waals surface area contributed by atoms with Gasteiger partial charge in [0.1, 0.15) is 0 Å². The molecule has 1 N–H and O–H groups in total. The average molecular weight is 538 g/mol. The number of carbonyl (C=O) groups excluding carboxylic acids is 3. The minimum absolute atomic E-state index is 0.00633. The predicted octanol–water partition coefficient (Wildman–Crippen LogP) is 3.22. The summed E-state index contributed by atoms with van der Waals surface area (Å²) < 4.78 is 24.6. The van der Waals surface area contributed by atoms with E-state index >= 15 is 0 Å². The second-order valence-electron chi connectivity index (χ2n) is 10.0. The second kappa shape index (κ2) is 9.25. The number of hydrogen-bond acceptors (Lipinski definition) is 7. The van der Waals surface area contributed by atoms with Crippen molar-refractivity contribution in [3.8, 4) is 0 Å². The number of carbonyl (C=O) groups is 3. The Labute approximate surface area is 219 Å². The molecule has 3 aliphatic heterocycles. The molecule has 3 amide bonds. The highest BCUT2D eigenvalue weighted by molar-refractivity contribution is 7.91. The Morgan fingerprint density at radius 3 is 2.68 bits per heavy atom. The Morgan fingerprint density at radius 2 is 1.89 bits per heavy atom. The van der Waals surface area contributed by atoms with Gasteiger partial charge in [0, 0.05) is 28.7 Å². The number of benzene rings is 2. The standard InChI is InChI=1S/C27H27N3O5S2/c31-25(28-19-10-12-37(34,35)16-19)18-6-4-11-29(14-18)22-8-3-7-21-24(22)27(33)30(26(21)32)15-20-13-17-5-1-2-9-23(17)36-20/h1-3,5,7-9,13,18-19H,4,6,10-12,14-16H2,(H,28,31). The normalized spacial score (nSPS) is 23.0. The summed E-state index contributed by atoms with van der Waals surface area (Å²) in [7, 11) is -3.08. The molecule has 0 aliphatic carbocycles. The predicted molar refractivity (Wildman–Crippen MR) is 143 cm³/mol. The van der Waals surface area contributed by atoms with Crippen molar-refractivity contribution in [1.29, 1.82) is 0 Å². The molecule has 0 saturated carbocycles. The zero-order chi connectivity index (χ0) is 25.7. The molecule has 10 heteroatoms. The van der Waals surface area contributed by atoms with Crippen LogP contribution in [0.5, 0.6) is 0 Å². The SMILES string of the molecule is O=C(NC1CCS(=O)(=O)C1)C1CCCN(c2cccc3c2C(=O)N(Cc2cc4ccccc4s2)C3=O)C1. The molecule has 0 bridgehead atoms. The molecule has 2 atom stereocenters. The molecule has 6 rings (SSSR count). The lowest BCUT2D eigenvalue weighted by atomic mass is 9.95. The number of amides is 3. The highest BCUT2D eigenvalue weighted by Gasteiger charge is 2.40. The quantitative estimate of drug-likeness (QED) is 0.502. The Balaban J connectivity index is 1.20. The van der Waals surface area contributed by atoms with Crippen molar-refractivity contribution in [3.63, 3.8) is 0 Å². The summed E-state index contributed by atoms with van der Waals surface area (Å²) in [5.74, 6) is -0.959. The van der Waals surface area contributed by atoms with Crippen molar-refractivity contribution < 1.29 is 22.8 Å². The van der Waals surface area contributed by atoms with Gasteiger partial charge in [-0.15, -0.1) is 11.3 Å². The summed E-state index contributed by atoms with van der Waals surface area (Å²) in [5, 5.41) is 4.01. The van der Waals surface area contributed by atoms with E-state index in [0.29, 0.717) is 42.7 Å². The van der Waals surface area contributed by atoms with Gasteiger partial charge < -0.3 is 10.2 Å². The third-order valence-corrected chi connectivity index (χ3v) is 10.3. The maximum absolute atomic E-state index is 13.5. The van der Waals surface area contributed by atoms with Crippen molar-refractivity contribution >= 4 is 54.7 Å². The van der Waals surface area contributed by atoms with Gasteiger partial charge in [-0.05, 0) is 48.9 Å².